The lowest BCUT2D eigenvalue weighted by molar-refractivity contribution is 0.410. The molecule has 0 aliphatic carbocycles. The number of imidazole rings is 1. The average Bonchev–Trinajstić information content (AvgIpc) is 2.82. The number of methoxy groups -OCH3 is 1. The van der Waals surface area contributed by atoms with Crippen LogP contribution in [0.25, 0.3) is 5.52 Å². The Morgan fingerprint density at radius 1 is 1.26 bits per heavy atom. The fourth-order valence-electron chi connectivity index (χ4n) is 2.22. The van der Waals surface area contributed by atoms with Gasteiger partial charge in [-0.2, -0.15) is 0 Å². The number of hydrogen-bond acceptors (Lipinski definition) is 3. The van der Waals surface area contributed by atoms with E-state index in [-0.39, 0.29) is 0 Å². The van der Waals surface area contributed by atoms with Crippen LogP contribution in [0.4, 0.5) is 5.69 Å². The molecule has 2 aromatic heterocycles. The minimum absolute atomic E-state index is 0.724. The number of benzene rings is 1. The van der Waals surface area contributed by atoms with Gasteiger partial charge in [0.2, 0.25) is 0 Å². The SMILES string of the molecule is COc1ccccc1Cc1ncc2cc(N)ccn12. The summed E-state index contributed by atoms with van der Waals surface area (Å²) in [6.45, 7) is 0. The van der Waals surface area contributed by atoms with E-state index in [4.69, 9.17) is 10.5 Å². The Kier molecular flexibility index (Phi) is 2.83. The van der Waals surface area contributed by atoms with Gasteiger partial charge in [0.1, 0.15) is 11.6 Å². The highest BCUT2D eigenvalue weighted by molar-refractivity contribution is 5.56. The Morgan fingerprint density at radius 2 is 2.11 bits per heavy atom. The topological polar surface area (TPSA) is 52.5 Å². The van der Waals surface area contributed by atoms with Gasteiger partial charge < -0.3 is 14.9 Å². The Labute approximate surface area is 111 Å². The summed E-state index contributed by atoms with van der Waals surface area (Å²) in [6, 6.07) is 11.8. The van der Waals surface area contributed by atoms with Gasteiger partial charge in [0.05, 0.1) is 18.8 Å². The van der Waals surface area contributed by atoms with E-state index in [1.807, 2.05) is 47.1 Å². The zero-order chi connectivity index (χ0) is 13.2. The number of pyridine rings is 1. The molecule has 0 aliphatic rings. The van der Waals surface area contributed by atoms with Crippen LogP contribution >= 0.6 is 0 Å². The standard InChI is InChI=1S/C15H15N3O/c1-19-14-5-3-2-4-11(14)8-15-17-10-13-9-12(16)6-7-18(13)15/h2-7,9-10H,8,16H2,1H3. The first-order chi connectivity index (χ1) is 9.28. The van der Waals surface area contributed by atoms with Crippen LogP contribution in [0.5, 0.6) is 5.75 Å². The van der Waals surface area contributed by atoms with Crippen molar-refractivity contribution in [3.8, 4) is 5.75 Å². The molecular weight excluding hydrogens is 238 g/mol. The van der Waals surface area contributed by atoms with E-state index >= 15 is 0 Å². The average molecular weight is 253 g/mol. The lowest BCUT2D eigenvalue weighted by Gasteiger charge is -2.07. The molecule has 0 spiro atoms. The van der Waals surface area contributed by atoms with Gasteiger partial charge in [-0.05, 0) is 18.2 Å². The maximum absolute atomic E-state index is 5.77. The van der Waals surface area contributed by atoms with Crippen molar-refractivity contribution >= 4 is 11.2 Å². The molecule has 0 saturated heterocycles. The molecule has 2 N–H and O–H groups in total. The number of nitrogens with zero attached hydrogens (tertiary/aromatic N) is 2. The summed E-state index contributed by atoms with van der Waals surface area (Å²) in [6.07, 6.45) is 4.51. The van der Waals surface area contributed by atoms with Crippen molar-refractivity contribution in [2.75, 3.05) is 12.8 Å². The Bertz CT molecular complexity index is 718. The quantitative estimate of drug-likeness (QED) is 0.780. The molecule has 0 atom stereocenters. The Balaban J connectivity index is 2.01. The van der Waals surface area contributed by atoms with Crippen molar-refractivity contribution in [3.63, 3.8) is 0 Å². The molecule has 2 heterocycles. The van der Waals surface area contributed by atoms with Gasteiger partial charge in [-0.15, -0.1) is 0 Å². The second-order valence-electron chi connectivity index (χ2n) is 4.42. The van der Waals surface area contributed by atoms with Crippen LogP contribution in [0.3, 0.4) is 0 Å². The zero-order valence-electron chi connectivity index (χ0n) is 10.7. The number of rotatable bonds is 3. The van der Waals surface area contributed by atoms with Crippen molar-refractivity contribution in [1.82, 2.24) is 9.38 Å². The minimum Gasteiger partial charge on any atom is -0.496 e. The summed E-state index contributed by atoms with van der Waals surface area (Å²) in [5.74, 6) is 1.86. The summed E-state index contributed by atoms with van der Waals surface area (Å²) >= 11 is 0. The second-order valence-corrected chi connectivity index (χ2v) is 4.42. The van der Waals surface area contributed by atoms with E-state index in [0.717, 1.165) is 34.8 Å². The highest BCUT2D eigenvalue weighted by atomic mass is 16.5. The molecular formula is C15H15N3O. The van der Waals surface area contributed by atoms with Gasteiger partial charge in [0, 0.05) is 23.9 Å². The monoisotopic (exact) mass is 253 g/mol. The molecule has 0 unspecified atom stereocenters. The molecule has 96 valence electrons. The van der Waals surface area contributed by atoms with Gasteiger partial charge in [-0.1, -0.05) is 18.2 Å². The maximum atomic E-state index is 5.77. The van der Waals surface area contributed by atoms with Crippen LogP contribution < -0.4 is 10.5 Å². The molecule has 4 heteroatoms. The van der Waals surface area contributed by atoms with Crippen LogP contribution in [0.1, 0.15) is 11.4 Å². The van der Waals surface area contributed by atoms with E-state index < -0.39 is 0 Å². The molecule has 3 rings (SSSR count). The van der Waals surface area contributed by atoms with E-state index in [0.29, 0.717) is 0 Å². The van der Waals surface area contributed by atoms with E-state index in [2.05, 4.69) is 11.1 Å². The maximum Gasteiger partial charge on any atom is 0.122 e. The normalized spacial score (nSPS) is 10.8. The summed E-state index contributed by atoms with van der Waals surface area (Å²) in [7, 11) is 1.68. The largest absolute Gasteiger partial charge is 0.496 e. The number of anilines is 1. The first kappa shape index (κ1) is 11.6. The van der Waals surface area contributed by atoms with Crippen molar-refractivity contribution in [1.29, 1.82) is 0 Å². The molecule has 4 nitrogen and oxygen atoms in total. The predicted octanol–water partition coefficient (Wildman–Crippen LogP) is 2.52. The smallest absolute Gasteiger partial charge is 0.122 e. The van der Waals surface area contributed by atoms with Crippen LogP contribution in [0, 0.1) is 0 Å². The fourth-order valence-corrected chi connectivity index (χ4v) is 2.22. The number of nitrogens with two attached hydrogens (primary N) is 1. The molecule has 0 bridgehead atoms. The van der Waals surface area contributed by atoms with Gasteiger partial charge in [-0.25, -0.2) is 4.98 Å². The molecule has 3 aromatic rings. The number of nitrogen functional groups attached to an aromatic ring is 1. The third-order valence-corrected chi connectivity index (χ3v) is 3.17. The summed E-state index contributed by atoms with van der Waals surface area (Å²) in [4.78, 5) is 4.46. The van der Waals surface area contributed by atoms with Crippen LogP contribution in [0.15, 0.2) is 48.8 Å². The van der Waals surface area contributed by atoms with E-state index in [1.54, 1.807) is 7.11 Å². The lowest BCUT2D eigenvalue weighted by Crippen LogP contribution is -1.99. The number of para-hydroxylation sites is 1. The number of fused-ring (bicyclic) bond motifs is 1. The van der Waals surface area contributed by atoms with Crippen LogP contribution in [-0.2, 0) is 6.42 Å². The highest BCUT2D eigenvalue weighted by Gasteiger charge is 2.08. The minimum atomic E-state index is 0.724. The first-order valence-corrected chi connectivity index (χ1v) is 6.11. The zero-order valence-corrected chi connectivity index (χ0v) is 10.7. The molecule has 19 heavy (non-hydrogen) atoms. The molecule has 0 amide bonds. The molecule has 0 radical (unpaired) electrons. The van der Waals surface area contributed by atoms with E-state index in [9.17, 15) is 0 Å². The number of hydrogen-bond donors (Lipinski definition) is 1. The van der Waals surface area contributed by atoms with Gasteiger partial charge in [0.25, 0.3) is 0 Å². The van der Waals surface area contributed by atoms with Crippen molar-refractivity contribution < 1.29 is 4.74 Å². The molecule has 0 fully saturated rings. The first-order valence-electron chi connectivity index (χ1n) is 6.11. The van der Waals surface area contributed by atoms with Crippen molar-refractivity contribution in [2.45, 2.75) is 6.42 Å². The fraction of sp³-hybridized carbons (Fsp3) is 0.133. The van der Waals surface area contributed by atoms with Gasteiger partial charge >= 0.3 is 0 Å². The molecule has 0 saturated carbocycles. The summed E-state index contributed by atoms with van der Waals surface area (Å²) in [5, 5.41) is 0. The number of ether oxygens (including phenoxy) is 1. The summed E-state index contributed by atoms with van der Waals surface area (Å²) < 4.78 is 7.41. The highest BCUT2D eigenvalue weighted by Crippen LogP contribution is 2.21. The number of aromatic nitrogens is 2. The lowest BCUT2D eigenvalue weighted by atomic mass is 10.1. The predicted molar refractivity (Wildman–Crippen MR) is 75.4 cm³/mol. The van der Waals surface area contributed by atoms with Crippen LogP contribution in [0.2, 0.25) is 0 Å². The Morgan fingerprint density at radius 3 is 2.95 bits per heavy atom. The van der Waals surface area contributed by atoms with Gasteiger partial charge in [0.15, 0.2) is 0 Å². The van der Waals surface area contributed by atoms with Crippen molar-refractivity contribution in [2.24, 2.45) is 0 Å². The second kappa shape index (κ2) is 4.65. The Hall–Kier alpha value is -2.49. The third kappa shape index (κ3) is 2.12. The van der Waals surface area contributed by atoms with Crippen molar-refractivity contribution in [3.05, 3.63) is 60.2 Å². The van der Waals surface area contributed by atoms with Crippen LogP contribution in [-0.4, -0.2) is 16.5 Å². The molecule has 0 aliphatic heterocycles. The van der Waals surface area contributed by atoms with E-state index in [1.165, 1.54) is 0 Å². The van der Waals surface area contributed by atoms with Gasteiger partial charge in [-0.3, -0.25) is 0 Å². The summed E-state index contributed by atoms with van der Waals surface area (Å²) in [5.41, 5.74) is 8.64. The molecule has 1 aromatic carbocycles. The third-order valence-electron chi connectivity index (χ3n) is 3.17.